The van der Waals surface area contributed by atoms with E-state index < -0.39 is 0 Å². The maximum atomic E-state index is 6.01. The lowest BCUT2D eigenvalue weighted by Crippen LogP contribution is -2.53. The van der Waals surface area contributed by atoms with Crippen molar-refractivity contribution >= 4 is 5.96 Å². The van der Waals surface area contributed by atoms with Crippen LogP contribution in [-0.4, -0.2) is 98.9 Å². The number of guanidine groups is 1. The maximum Gasteiger partial charge on any atom is 0.194 e. The van der Waals surface area contributed by atoms with Crippen LogP contribution in [0.4, 0.5) is 0 Å². The zero-order valence-corrected chi connectivity index (χ0v) is 19.3. The fourth-order valence-electron chi connectivity index (χ4n) is 4.88. The van der Waals surface area contributed by atoms with Gasteiger partial charge in [0.1, 0.15) is 6.10 Å². The molecule has 3 aliphatic heterocycles. The Morgan fingerprint density at radius 2 is 1.74 bits per heavy atom. The molecule has 0 aliphatic carbocycles. The number of nitrogens with one attached hydrogen (secondary N) is 1. The molecule has 7 nitrogen and oxygen atoms in total. The van der Waals surface area contributed by atoms with Gasteiger partial charge in [-0.15, -0.1) is 0 Å². The number of aliphatic imine (C=N–C) groups is 1. The minimum atomic E-state index is 0.142. The highest BCUT2D eigenvalue weighted by Gasteiger charge is 2.32. The molecule has 7 heteroatoms. The van der Waals surface area contributed by atoms with Crippen molar-refractivity contribution in [3.8, 4) is 0 Å². The zero-order valence-electron chi connectivity index (χ0n) is 19.3. The summed E-state index contributed by atoms with van der Waals surface area (Å²) in [5.41, 5.74) is 2.76. The van der Waals surface area contributed by atoms with E-state index in [-0.39, 0.29) is 12.2 Å². The molecule has 0 spiro atoms. The van der Waals surface area contributed by atoms with Gasteiger partial charge in [-0.1, -0.05) is 31.2 Å². The summed E-state index contributed by atoms with van der Waals surface area (Å²) in [6.07, 6.45) is 2.62. The molecule has 172 valence electrons. The first-order valence-electron chi connectivity index (χ1n) is 12.0. The molecule has 3 aliphatic rings. The SMILES string of the molecule is CCN1CCN(Cc2ccccc2CNC(=NC)N2CCOC(C3CCCO3)C2)CC1. The third kappa shape index (κ3) is 5.98. The first-order valence-corrected chi connectivity index (χ1v) is 12.0. The molecule has 1 aromatic rings. The zero-order chi connectivity index (χ0) is 21.5. The summed E-state index contributed by atoms with van der Waals surface area (Å²) in [6.45, 7) is 13.2. The van der Waals surface area contributed by atoms with Crippen molar-refractivity contribution in [3.63, 3.8) is 0 Å². The van der Waals surface area contributed by atoms with Gasteiger partial charge in [0.2, 0.25) is 0 Å². The molecule has 2 unspecified atom stereocenters. The smallest absolute Gasteiger partial charge is 0.194 e. The van der Waals surface area contributed by atoms with Crippen molar-refractivity contribution in [2.75, 3.05) is 66.1 Å². The van der Waals surface area contributed by atoms with Crippen LogP contribution in [0.2, 0.25) is 0 Å². The van der Waals surface area contributed by atoms with Gasteiger partial charge in [-0.2, -0.15) is 0 Å². The number of nitrogens with zero attached hydrogens (tertiary/aromatic N) is 4. The Kier molecular flexibility index (Phi) is 8.19. The Labute approximate surface area is 187 Å². The molecule has 0 saturated carbocycles. The second kappa shape index (κ2) is 11.3. The molecule has 1 N–H and O–H groups in total. The number of hydrogen-bond acceptors (Lipinski definition) is 5. The van der Waals surface area contributed by atoms with Gasteiger partial charge < -0.3 is 24.6 Å². The minimum Gasteiger partial charge on any atom is -0.375 e. The van der Waals surface area contributed by atoms with Crippen molar-refractivity contribution in [2.45, 2.75) is 45.1 Å². The summed E-state index contributed by atoms with van der Waals surface area (Å²) in [4.78, 5) is 12.0. The van der Waals surface area contributed by atoms with E-state index in [1.165, 1.54) is 24.2 Å². The molecule has 0 amide bonds. The highest BCUT2D eigenvalue weighted by molar-refractivity contribution is 5.80. The van der Waals surface area contributed by atoms with E-state index in [9.17, 15) is 0 Å². The summed E-state index contributed by atoms with van der Waals surface area (Å²) in [7, 11) is 1.87. The second-order valence-corrected chi connectivity index (χ2v) is 8.79. The second-order valence-electron chi connectivity index (χ2n) is 8.79. The van der Waals surface area contributed by atoms with Gasteiger partial charge in [-0.25, -0.2) is 0 Å². The molecule has 2 atom stereocenters. The molecule has 0 bridgehead atoms. The Morgan fingerprint density at radius 1 is 1.00 bits per heavy atom. The lowest BCUT2D eigenvalue weighted by Gasteiger charge is -2.37. The number of morpholine rings is 1. The normalized spacial score (nSPS) is 26.4. The van der Waals surface area contributed by atoms with Crippen LogP contribution in [0.15, 0.2) is 29.3 Å². The number of likely N-dealkylation sites (N-methyl/N-ethyl adjacent to an activating group) is 1. The van der Waals surface area contributed by atoms with E-state index >= 15 is 0 Å². The van der Waals surface area contributed by atoms with Crippen LogP contribution in [0, 0.1) is 0 Å². The number of ether oxygens (including phenoxy) is 2. The average Bonchev–Trinajstić information content (AvgIpc) is 3.36. The number of hydrogen-bond donors (Lipinski definition) is 1. The van der Waals surface area contributed by atoms with Crippen LogP contribution in [0.25, 0.3) is 0 Å². The van der Waals surface area contributed by atoms with Gasteiger partial charge in [0.05, 0.1) is 12.7 Å². The molecule has 3 heterocycles. The third-order valence-electron chi connectivity index (χ3n) is 6.85. The summed E-state index contributed by atoms with van der Waals surface area (Å²) in [5.74, 6) is 0.956. The van der Waals surface area contributed by atoms with E-state index in [0.717, 1.165) is 77.8 Å². The summed E-state index contributed by atoms with van der Waals surface area (Å²) >= 11 is 0. The van der Waals surface area contributed by atoms with E-state index in [0.29, 0.717) is 0 Å². The Bertz CT molecular complexity index is 714. The van der Waals surface area contributed by atoms with Crippen LogP contribution in [0.5, 0.6) is 0 Å². The molecule has 0 aromatic heterocycles. The highest BCUT2D eigenvalue weighted by Crippen LogP contribution is 2.21. The Hall–Kier alpha value is -1.67. The van der Waals surface area contributed by atoms with Gasteiger partial charge in [-0.3, -0.25) is 9.89 Å². The Morgan fingerprint density at radius 3 is 2.45 bits per heavy atom. The third-order valence-corrected chi connectivity index (χ3v) is 6.85. The van der Waals surface area contributed by atoms with E-state index in [1.54, 1.807) is 0 Å². The summed E-state index contributed by atoms with van der Waals surface area (Å²) in [5, 5.41) is 3.61. The van der Waals surface area contributed by atoms with E-state index in [4.69, 9.17) is 9.47 Å². The minimum absolute atomic E-state index is 0.142. The largest absolute Gasteiger partial charge is 0.375 e. The van der Waals surface area contributed by atoms with Crippen LogP contribution < -0.4 is 5.32 Å². The van der Waals surface area contributed by atoms with Gasteiger partial charge in [-0.05, 0) is 30.5 Å². The Balaban J connectivity index is 1.32. The average molecular weight is 430 g/mol. The summed E-state index contributed by atoms with van der Waals surface area (Å²) < 4.78 is 11.9. The van der Waals surface area contributed by atoms with Gasteiger partial charge >= 0.3 is 0 Å². The first kappa shape index (κ1) is 22.5. The molecule has 3 fully saturated rings. The van der Waals surface area contributed by atoms with Crippen LogP contribution in [0.1, 0.15) is 30.9 Å². The monoisotopic (exact) mass is 429 g/mol. The number of rotatable bonds is 6. The van der Waals surface area contributed by atoms with Crippen molar-refractivity contribution < 1.29 is 9.47 Å². The predicted molar refractivity (Wildman–Crippen MR) is 124 cm³/mol. The van der Waals surface area contributed by atoms with Crippen molar-refractivity contribution in [2.24, 2.45) is 4.99 Å². The van der Waals surface area contributed by atoms with Gasteiger partial charge in [0, 0.05) is 66.0 Å². The molecular formula is C24H39N5O2. The molecule has 31 heavy (non-hydrogen) atoms. The van der Waals surface area contributed by atoms with Crippen LogP contribution in [-0.2, 0) is 22.6 Å². The van der Waals surface area contributed by atoms with Crippen LogP contribution >= 0.6 is 0 Å². The fraction of sp³-hybridized carbons (Fsp3) is 0.708. The van der Waals surface area contributed by atoms with E-state index in [1.807, 2.05) is 7.05 Å². The molecule has 0 radical (unpaired) electrons. The molecule has 4 rings (SSSR count). The maximum absolute atomic E-state index is 6.01. The highest BCUT2D eigenvalue weighted by atomic mass is 16.5. The predicted octanol–water partition coefficient (Wildman–Crippen LogP) is 1.78. The van der Waals surface area contributed by atoms with Crippen molar-refractivity contribution in [3.05, 3.63) is 35.4 Å². The van der Waals surface area contributed by atoms with Crippen LogP contribution in [0.3, 0.4) is 0 Å². The van der Waals surface area contributed by atoms with Crippen molar-refractivity contribution in [1.82, 2.24) is 20.0 Å². The van der Waals surface area contributed by atoms with Gasteiger partial charge in [0.25, 0.3) is 0 Å². The van der Waals surface area contributed by atoms with E-state index in [2.05, 4.69) is 56.2 Å². The summed E-state index contributed by atoms with van der Waals surface area (Å²) in [6, 6.07) is 8.81. The lowest BCUT2D eigenvalue weighted by molar-refractivity contribution is -0.0817. The van der Waals surface area contributed by atoms with Crippen molar-refractivity contribution in [1.29, 1.82) is 0 Å². The number of piperazine rings is 1. The fourth-order valence-corrected chi connectivity index (χ4v) is 4.88. The first-order chi connectivity index (χ1) is 15.3. The quantitative estimate of drug-likeness (QED) is 0.550. The molecule has 1 aromatic carbocycles. The standard InChI is InChI=1S/C24H39N5O2/c1-3-27-10-12-28(13-11-27)18-21-8-5-4-7-20(21)17-26-24(25-2)29-14-16-31-23(19-29)22-9-6-15-30-22/h4-5,7-8,22-23H,3,6,9-19H2,1-2H3,(H,25,26). The molecular weight excluding hydrogens is 390 g/mol. The molecule has 3 saturated heterocycles. The lowest BCUT2D eigenvalue weighted by atomic mass is 10.1. The van der Waals surface area contributed by atoms with Gasteiger partial charge in [0.15, 0.2) is 5.96 Å². The topological polar surface area (TPSA) is 52.6 Å². The number of benzene rings is 1.